The monoisotopic (exact) mass is 711 g/mol. The van der Waals surface area contributed by atoms with E-state index in [9.17, 15) is 23.2 Å². The summed E-state index contributed by atoms with van der Waals surface area (Å²) in [5.74, 6) is 0.850. The Morgan fingerprint density at radius 3 is 2.31 bits per heavy atom. The second-order valence-electron chi connectivity index (χ2n) is 13.2. The van der Waals surface area contributed by atoms with E-state index in [4.69, 9.17) is 4.42 Å². The predicted molar refractivity (Wildman–Crippen MR) is 204 cm³/mol. The largest absolute Gasteiger partial charge is 0.508 e. The summed E-state index contributed by atoms with van der Waals surface area (Å²) in [5, 5.41) is 25.0. The van der Waals surface area contributed by atoms with E-state index < -0.39 is 10.1 Å². The highest BCUT2D eigenvalue weighted by molar-refractivity contribution is 7.86. The van der Waals surface area contributed by atoms with E-state index in [-0.39, 0.29) is 16.4 Å². The summed E-state index contributed by atoms with van der Waals surface area (Å²) >= 11 is 0. The van der Waals surface area contributed by atoms with Crippen LogP contribution >= 0.6 is 0 Å². The maximum Gasteiger partial charge on any atom is 0.295 e. The number of nitrogens with one attached hydrogen (secondary N) is 2. The van der Waals surface area contributed by atoms with E-state index in [1.165, 1.54) is 18.2 Å². The molecule has 1 heterocycles. The number of aromatic hydroxyl groups is 2. The molecule has 52 heavy (non-hydrogen) atoms. The highest BCUT2D eigenvalue weighted by Gasteiger charge is 2.24. The average Bonchev–Trinajstić information content (AvgIpc) is 3.11. The van der Waals surface area contributed by atoms with Gasteiger partial charge in [-0.1, -0.05) is 48.5 Å². The van der Waals surface area contributed by atoms with Crippen LogP contribution in [0.2, 0.25) is 0 Å². The van der Waals surface area contributed by atoms with Crippen molar-refractivity contribution < 1.29 is 32.6 Å². The molecule has 2 aliphatic rings. The first kappa shape index (κ1) is 34.5. The van der Waals surface area contributed by atoms with Gasteiger partial charge in [-0.15, -0.1) is 0 Å². The van der Waals surface area contributed by atoms with E-state index in [0.717, 1.165) is 57.5 Å². The minimum atomic E-state index is -4.54. The van der Waals surface area contributed by atoms with Crippen LogP contribution in [0, 0.1) is 20.8 Å². The van der Waals surface area contributed by atoms with Gasteiger partial charge in [0.05, 0.1) is 6.07 Å². The second-order valence-corrected chi connectivity index (χ2v) is 14.6. The zero-order valence-electron chi connectivity index (χ0n) is 29.1. The van der Waals surface area contributed by atoms with Crippen molar-refractivity contribution in [1.29, 1.82) is 0 Å². The van der Waals surface area contributed by atoms with Crippen LogP contribution in [0.25, 0.3) is 33.4 Å². The zero-order chi connectivity index (χ0) is 36.6. The van der Waals surface area contributed by atoms with Gasteiger partial charge in [0.1, 0.15) is 27.7 Å². The van der Waals surface area contributed by atoms with Crippen LogP contribution in [-0.4, -0.2) is 23.2 Å². The number of hydrogen-bond donors (Lipinski definition) is 5. The molecular weight excluding hydrogens is 673 g/mol. The van der Waals surface area contributed by atoms with Gasteiger partial charge in [-0.2, -0.15) is 8.42 Å². The third kappa shape index (κ3) is 7.14. The van der Waals surface area contributed by atoms with Crippen LogP contribution in [0.1, 0.15) is 34.2 Å². The quantitative estimate of drug-likeness (QED) is 0.0582. The minimum absolute atomic E-state index is 0.133. The Morgan fingerprint density at radius 1 is 0.731 bits per heavy atom. The van der Waals surface area contributed by atoms with E-state index >= 15 is 0 Å². The number of benzene rings is 6. The number of aryl methyl sites for hydroxylation is 5. The third-order valence-electron chi connectivity index (χ3n) is 9.46. The fraction of sp³-hybridized carbons (Fsp3) is 0.140. The summed E-state index contributed by atoms with van der Waals surface area (Å²) < 4.78 is 42.0. The molecule has 0 amide bonds. The van der Waals surface area contributed by atoms with E-state index in [1.807, 2.05) is 75.4 Å². The molecule has 8 nitrogen and oxygen atoms in total. The third-order valence-corrected chi connectivity index (χ3v) is 10.4. The molecule has 5 N–H and O–H groups in total. The lowest BCUT2D eigenvalue weighted by molar-refractivity contribution is -0.403. The number of phenols is 2. The lowest BCUT2D eigenvalue weighted by Gasteiger charge is -2.18. The predicted octanol–water partition coefficient (Wildman–Crippen LogP) is 8.02. The topological polar surface area (TPSA) is 134 Å². The molecule has 7 rings (SSSR count). The summed E-state index contributed by atoms with van der Waals surface area (Å²) in [6, 6.07) is 34.9. The van der Waals surface area contributed by atoms with Crippen molar-refractivity contribution in [1.82, 2.24) is 0 Å². The first-order chi connectivity index (χ1) is 24.9. The normalized spacial score (nSPS) is 12.1. The number of fused-ring (bicyclic) bond motifs is 2. The van der Waals surface area contributed by atoms with Crippen molar-refractivity contribution in [3.8, 4) is 33.9 Å². The van der Waals surface area contributed by atoms with Gasteiger partial charge < -0.3 is 19.9 Å². The molecule has 0 unspecified atom stereocenters. The lowest BCUT2D eigenvalue weighted by Crippen LogP contribution is -2.71. The maximum atomic E-state index is 12.6. The molecule has 9 heteroatoms. The number of anilines is 2. The molecule has 0 fully saturated rings. The van der Waals surface area contributed by atoms with Gasteiger partial charge in [0.25, 0.3) is 10.1 Å². The summed E-state index contributed by atoms with van der Waals surface area (Å²) in [6.45, 7) is 6.13. The van der Waals surface area contributed by atoms with Gasteiger partial charge in [-0.05, 0) is 105 Å². The van der Waals surface area contributed by atoms with Crippen LogP contribution in [0.5, 0.6) is 11.5 Å². The van der Waals surface area contributed by atoms with Gasteiger partial charge in [0.15, 0.2) is 0 Å². The Kier molecular flexibility index (Phi) is 9.31. The van der Waals surface area contributed by atoms with Crippen molar-refractivity contribution in [2.24, 2.45) is 0 Å². The molecule has 5 aromatic carbocycles. The first-order valence-electron chi connectivity index (χ1n) is 17.1. The van der Waals surface area contributed by atoms with Crippen LogP contribution < -0.4 is 15.7 Å². The smallest absolute Gasteiger partial charge is 0.295 e. The highest BCUT2D eigenvalue weighted by Crippen LogP contribution is 2.43. The van der Waals surface area contributed by atoms with Crippen molar-refractivity contribution in [3.63, 3.8) is 0 Å². The molecule has 0 atom stereocenters. The zero-order valence-corrected chi connectivity index (χ0v) is 29.9. The van der Waals surface area contributed by atoms with E-state index in [0.29, 0.717) is 45.4 Å². The summed E-state index contributed by atoms with van der Waals surface area (Å²) in [7, 11) is -4.54. The molecule has 0 spiro atoms. The Labute approximate surface area is 302 Å². The number of rotatable bonds is 9. The fourth-order valence-corrected chi connectivity index (χ4v) is 7.46. The molecule has 0 radical (unpaired) electrons. The van der Waals surface area contributed by atoms with Crippen LogP contribution in [0.4, 0.5) is 17.1 Å². The van der Waals surface area contributed by atoms with Crippen LogP contribution in [0.15, 0.2) is 125 Å². The Morgan fingerprint density at radius 2 is 1.52 bits per heavy atom. The highest BCUT2D eigenvalue weighted by atomic mass is 32.2. The SMILES string of the molecule is Cc1ccc(CCCc2cc(O)ccc2O)cc1Nc1ccc2c(-c3ccccc3S(=O)(=O)O)c3ccc(=[NH+]c4c(C)cccc4C)cc-3oc2c1. The molecule has 1 aliphatic carbocycles. The number of hydrogen-bond acceptors (Lipinski definition) is 6. The maximum absolute atomic E-state index is 12.6. The van der Waals surface area contributed by atoms with Crippen molar-refractivity contribution in [3.05, 3.63) is 148 Å². The number of phenolic OH excluding ortho intramolecular Hbond substituents is 2. The molecule has 0 bridgehead atoms. The standard InChI is InChI=1S/C43H38N2O6S/c1-26-14-15-29(10-7-11-30-23-33(46)18-21-38(30)47)22-37(26)44-31-16-19-34-39(24-31)51-40-25-32(45-43-27(2)8-6-9-28(43)3)17-20-35(40)42(34)36-12-4-5-13-41(36)52(48,49)50/h4-6,8-9,12-25,44,46-47H,7,10-11H2,1-3H3,(H,48,49,50)/p+1. The van der Waals surface area contributed by atoms with Gasteiger partial charge in [-0.25, -0.2) is 4.99 Å². The van der Waals surface area contributed by atoms with Crippen LogP contribution in [0.3, 0.4) is 0 Å². The van der Waals surface area contributed by atoms with Crippen molar-refractivity contribution >= 4 is 38.1 Å². The van der Waals surface area contributed by atoms with Gasteiger partial charge in [0.2, 0.25) is 11.0 Å². The van der Waals surface area contributed by atoms with Crippen molar-refractivity contribution in [2.45, 2.75) is 44.9 Å². The van der Waals surface area contributed by atoms with Crippen molar-refractivity contribution in [2.75, 3.05) is 5.32 Å². The van der Waals surface area contributed by atoms with Gasteiger partial charge >= 0.3 is 0 Å². The second kappa shape index (κ2) is 14.0. The molecular formula is C43H39N2O6S+. The molecule has 1 aliphatic heterocycles. The molecule has 0 saturated carbocycles. The molecule has 0 aromatic heterocycles. The van der Waals surface area contributed by atoms with E-state index in [2.05, 4.69) is 28.5 Å². The Hall–Kier alpha value is -5.90. The van der Waals surface area contributed by atoms with Crippen LogP contribution in [-0.2, 0) is 23.0 Å². The first-order valence-corrected chi connectivity index (χ1v) is 18.5. The summed E-state index contributed by atoms with van der Waals surface area (Å²) in [5.41, 5.74) is 10.0. The average molecular weight is 712 g/mol. The van der Waals surface area contributed by atoms with Gasteiger partial charge in [0, 0.05) is 56.7 Å². The summed E-state index contributed by atoms with van der Waals surface area (Å²) in [6.07, 6.45) is 2.19. The van der Waals surface area contributed by atoms with Gasteiger partial charge in [-0.3, -0.25) is 4.55 Å². The van der Waals surface area contributed by atoms with E-state index in [1.54, 1.807) is 24.3 Å². The number of para-hydroxylation sites is 1. The molecule has 0 saturated heterocycles. The fourth-order valence-electron chi connectivity index (χ4n) is 6.76. The molecule has 262 valence electrons. The Bertz CT molecular complexity index is 2610. The lowest BCUT2D eigenvalue weighted by atomic mass is 9.93. The Balaban J connectivity index is 1.30. The minimum Gasteiger partial charge on any atom is -0.508 e. The summed E-state index contributed by atoms with van der Waals surface area (Å²) in [4.78, 5) is 3.34. The molecule has 5 aromatic rings.